The first kappa shape index (κ1) is 14.8. The largest absolute Gasteiger partial charge is 0.496 e. The van der Waals surface area contributed by atoms with E-state index in [0.717, 1.165) is 5.56 Å². The number of carbonyl (C=O) groups excluding carboxylic acids is 1. The highest BCUT2D eigenvalue weighted by molar-refractivity contribution is 5.87. The molecular weight excluding hydrogens is 248 g/mol. The summed E-state index contributed by atoms with van der Waals surface area (Å²) < 4.78 is 9.89. The second-order valence-corrected chi connectivity index (χ2v) is 3.73. The van der Waals surface area contributed by atoms with Gasteiger partial charge in [0.2, 0.25) is 0 Å². The molecule has 5 nitrogen and oxygen atoms in total. The van der Waals surface area contributed by atoms with Gasteiger partial charge in [-0.05, 0) is 24.6 Å². The molecule has 5 heteroatoms. The number of ether oxygens (including phenoxy) is 2. The van der Waals surface area contributed by atoms with Crippen LogP contribution in [0.5, 0.6) is 5.75 Å². The van der Waals surface area contributed by atoms with Crippen LogP contribution in [0.1, 0.15) is 18.1 Å². The Kier molecular flexibility index (Phi) is 5.60. The topological polar surface area (TPSA) is 72.8 Å². The van der Waals surface area contributed by atoms with E-state index in [2.05, 4.69) is 0 Å². The minimum absolute atomic E-state index is 0.106. The summed E-state index contributed by atoms with van der Waals surface area (Å²) in [5.41, 5.74) is 1.32. The van der Waals surface area contributed by atoms with Crippen molar-refractivity contribution in [3.05, 3.63) is 35.4 Å². The van der Waals surface area contributed by atoms with Crippen LogP contribution >= 0.6 is 0 Å². The molecule has 19 heavy (non-hydrogen) atoms. The van der Waals surface area contributed by atoms with E-state index in [1.165, 1.54) is 13.2 Å². The number of benzene rings is 1. The Balaban J connectivity index is 2.87. The molecule has 0 amide bonds. The third kappa shape index (κ3) is 4.83. The highest BCUT2D eigenvalue weighted by atomic mass is 16.5. The van der Waals surface area contributed by atoms with Gasteiger partial charge in [0.25, 0.3) is 0 Å². The summed E-state index contributed by atoms with van der Waals surface area (Å²) in [5.74, 6) is -0.863. The Bertz CT molecular complexity index is 491. The number of hydrogen-bond acceptors (Lipinski definition) is 4. The van der Waals surface area contributed by atoms with E-state index in [1.807, 2.05) is 0 Å². The quantitative estimate of drug-likeness (QED) is 0.627. The van der Waals surface area contributed by atoms with E-state index >= 15 is 0 Å². The zero-order valence-corrected chi connectivity index (χ0v) is 10.9. The zero-order valence-electron chi connectivity index (χ0n) is 10.9. The highest BCUT2D eigenvalue weighted by Crippen LogP contribution is 2.21. The SMILES string of the molecule is CCOC(=O)C=Cc1ccc(CC(=O)O)c(OC)c1. The summed E-state index contributed by atoms with van der Waals surface area (Å²) in [4.78, 5) is 21.8. The lowest BCUT2D eigenvalue weighted by Crippen LogP contribution is -2.02. The van der Waals surface area contributed by atoms with E-state index in [1.54, 1.807) is 31.2 Å². The fraction of sp³-hybridized carbons (Fsp3) is 0.286. The molecule has 0 aromatic heterocycles. The molecule has 1 aromatic carbocycles. The van der Waals surface area contributed by atoms with Crippen LogP contribution in [-0.2, 0) is 20.7 Å². The van der Waals surface area contributed by atoms with Gasteiger partial charge in [0.15, 0.2) is 0 Å². The highest BCUT2D eigenvalue weighted by Gasteiger charge is 2.07. The van der Waals surface area contributed by atoms with Crippen LogP contribution in [0.4, 0.5) is 0 Å². The van der Waals surface area contributed by atoms with Gasteiger partial charge < -0.3 is 14.6 Å². The molecule has 0 fully saturated rings. The fourth-order valence-corrected chi connectivity index (χ4v) is 1.53. The summed E-state index contributed by atoms with van der Waals surface area (Å²) in [5, 5.41) is 8.76. The molecule has 0 spiro atoms. The fourth-order valence-electron chi connectivity index (χ4n) is 1.53. The zero-order chi connectivity index (χ0) is 14.3. The summed E-state index contributed by atoms with van der Waals surface area (Å²) in [6, 6.07) is 5.06. The maximum absolute atomic E-state index is 11.2. The van der Waals surface area contributed by atoms with E-state index in [9.17, 15) is 9.59 Å². The van der Waals surface area contributed by atoms with Crippen LogP contribution in [0.2, 0.25) is 0 Å². The number of carboxylic acids is 1. The summed E-state index contributed by atoms with van der Waals surface area (Å²) in [6.45, 7) is 2.06. The normalized spacial score (nSPS) is 10.4. The van der Waals surface area contributed by atoms with E-state index in [0.29, 0.717) is 17.9 Å². The molecule has 0 bridgehead atoms. The second-order valence-electron chi connectivity index (χ2n) is 3.73. The average Bonchev–Trinajstić information content (AvgIpc) is 2.37. The predicted molar refractivity (Wildman–Crippen MR) is 70.0 cm³/mol. The molecule has 0 aliphatic carbocycles. The standard InChI is InChI=1S/C14H16O5/c1-3-19-14(17)7-5-10-4-6-11(9-13(15)16)12(8-10)18-2/h4-8H,3,9H2,1-2H3,(H,15,16). The number of esters is 1. The van der Waals surface area contributed by atoms with Crippen molar-refractivity contribution < 1.29 is 24.2 Å². The molecule has 1 aromatic rings. The van der Waals surface area contributed by atoms with Gasteiger partial charge in [-0.15, -0.1) is 0 Å². The van der Waals surface area contributed by atoms with Gasteiger partial charge in [-0.3, -0.25) is 4.79 Å². The van der Waals surface area contributed by atoms with Gasteiger partial charge in [0, 0.05) is 11.6 Å². The molecule has 0 aliphatic rings. The lowest BCUT2D eigenvalue weighted by atomic mass is 10.1. The van der Waals surface area contributed by atoms with Crippen molar-refractivity contribution in [1.29, 1.82) is 0 Å². The minimum atomic E-state index is -0.923. The number of aliphatic carboxylic acids is 1. The number of hydrogen-bond donors (Lipinski definition) is 1. The van der Waals surface area contributed by atoms with Gasteiger partial charge in [-0.2, -0.15) is 0 Å². The van der Waals surface area contributed by atoms with Crippen molar-refractivity contribution in [3.63, 3.8) is 0 Å². The first-order valence-electron chi connectivity index (χ1n) is 5.80. The Morgan fingerprint density at radius 1 is 1.37 bits per heavy atom. The lowest BCUT2D eigenvalue weighted by Gasteiger charge is -2.07. The average molecular weight is 264 g/mol. The van der Waals surface area contributed by atoms with Crippen molar-refractivity contribution in [2.45, 2.75) is 13.3 Å². The van der Waals surface area contributed by atoms with Gasteiger partial charge in [0.1, 0.15) is 5.75 Å². The molecule has 1 rings (SSSR count). The number of methoxy groups -OCH3 is 1. The molecule has 0 atom stereocenters. The van der Waals surface area contributed by atoms with Gasteiger partial charge in [-0.1, -0.05) is 12.1 Å². The monoisotopic (exact) mass is 264 g/mol. The number of carboxylic acid groups (broad SMARTS) is 1. The Morgan fingerprint density at radius 3 is 2.68 bits per heavy atom. The third-order valence-electron chi connectivity index (χ3n) is 2.35. The van der Waals surface area contributed by atoms with Crippen LogP contribution in [0.25, 0.3) is 6.08 Å². The van der Waals surface area contributed by atoms with Gasteiger partial charge >= 0.3 is 11.9 Å². The first-order valence-corrected chi connectivity index (χ1v) is 5.80. The van der Waals surface area contributed by atoms with E-state index < -0.39 is 11.9 Å². The molecule has 0 radical (unpaired) electrons. The molecule has 102 valence electrons. The van der Waals surface area contributed by atoms with Gasteiger partial charge in [0.05, 0.1) is 20.1 Å². The number of rotatable bonds is 6. The molecule has 0 saturated carbocycles. The number of carbonyl (C=O) groups is 2. The lowest BCUT2D eigenvalue weighted by molar-refractivity contribution is -0.137. The van der Waals surface area contributed by atoms with Crippen LogP contribution in [-0.4, -0.2) is 30.8 Å². The van der Waals surface area contributed by atoms with Crippen LogP contribution in [0.3, 0.4) is 0 Å². The smallest absolute Gasteiger partial charge is 0.330 e. The van der Waals surface area contributed by atoms with Crippen molar-refractivity contribution in [2.75, 3.05) is 13.7 Å². The van der Waals surface area contributed by atoms with Crippen molar-refractivity contribution in [1.82, 2.24) is 0 Å². The second kappa shape index (κ2) is 7.20. The molecule has 0 aliphatic heterocycles. The molecular formula is C14H16O5. The van der Waals surface area contributed by atoms with Crippen LogP contribution < -0.4 is 4.74 Å². The van der Waals surface area contributed by atoms with E-state index in [4.69, 9.17) is 14.6 Å². The minimum Gasteiger partial charge on any atom is -0.496 e. The molecule has 0 unspecified atom stereocenters. The predicted octanol–water partition coefficient (Wildman–Crippen LogP) is 1.90. The van der Waals surface area contributed by atoms with E-state index in [-0.39, 0.29) is 6.42 Å². The summed E-state index contributed by atoms with van der Waals surface area (Å²) in [6.07, 6.45) is 2.80. The molecule has 1 N–H and O–H groups in total. The maximum atomic E-state index is 11.2. The van der Waals surface area contributed by atoms with Crippen molar-refractivity contribution in [2.24, 2.45) is 0 Å². The van der Waals surface area contributed by atoms with Crippen molar-refractivity contribution in [3.8, 4) is 5.75 Å². The third-order valence-corrected chi connectivity index (χ3v) is 2.35. The van der Waals surface area contributed by atoms with Gasteiger partial charge in [-0.25, -0.2) is 4.79 Å². The molecule has 0 heterocycles. The maximum Gasteiger partial charge on any atom is 0.330 e. The molecule has 0 saturated heterocycles. The first-order chi connectivity index (χ1) is 9.06. The van der Waals surface area contributed by atoms with Crippen molar-refractivity contribution >= 4 is 18.0 Å². The van der Waals surface area contributed by atoms with Crippen LogP contribution in [0, 0.1) is 0 Å². The Hall–Kier alpha value is -2.30. The van der Waals surface area contributed by atoms with Crippen LogP contribution in [0.15, 0.2) is 24.3 Å². The Morgan fingerprint density at radius 2 is 2.11 bits per heavy atom. The summed E-state index contributed by atoms with van der Waals surface area (Å²) in [7, 11) is 1.47. The Labute approximate surface area is 111 Å². The summed E-state index contributed by atoms with van der Waals surface area (Å²) >= 11 is 0.